The Hall–Kier alpha value is -0.300. The van der Waals surface area contributed by atoms with Crippen LogP contribution < -0.4 is 0 Å². The molecule has 1 nitrogen and oxygen atoms in total. The number of rotatable bonds is 1. The third-order valence-corrected chi connectivity index (χ3v) is 2.47. The number of hydrogen-bond acceptors (Lipinski definition) is 1. The summed E-state index contributed by atoms with van der Waals surface area (Å²) in [4.78, 5) is 0. The van der Waals surface area contributed by atoms with Gasteiger partial charge in [0.1, 0.15) is 0 Å². The molecule has 0 saturated carbocycles. The average Bonchev–Trinajstić information content (AvgIpc) is 1.98. The summed E-state index contributed by atoms with van der Waals surface area (Å²) >= 11 is 0. The number of aliphatic hydroxyl groups excluding tert-OH is 1. The van der Waals surface area contributed by atoms with Gasteiger partial charge >= 0.3 is 0 Å². The Labute approximate surface area is 69.1 Å². The van der Waals surface area contributed by atoms with Gasteiger partial charge in [-0.1, -0.05) is 25.5 Å². The van der Waals surface area contributed by atoms with Crippen molar-refractivity contribution in [2.75, 3.05) is 0 Å². The molecule has 1 rings (SSSR count). The molecule has 0 heterocycles. The van der Waals surface area contributed by atoms with Crippen molar-refractivity contribution in [3.05, 3.63) is 12.2 Å². The molecule has 0 aromatic rings. The molecule has 1 heteroatoms. The van der Waals surface area contributed by atoms with E-state index >= 15 is 0 Å². The van der Waals surface area contributed by atoms with E-state index in [4.69, 9.17) is 0 Å². The van der Waals surface area contributed by atoms with Gasteiger partial charge in [0.2, 0.25) is 0 Å². The average molecular weight is 154 g/mol. The first-order valence-corrected chi connectivity index (χ1v) is 4.69. The topological polar surface area (TPSA) is 20.2 Å². The summed E-state index contributed by atoms with van der Waals surface area (Å²) in [6.45, 7) is 2.14. The van der Waals surface area contributed by atoms with Crippen molar-refractivity contribution in [1.82, 2.24) is 0 Å². The molecule has 0 aromatic carbocycles. The second kappa shape index (κ2) is 4.55. The van der Waals surface area contributed by atoms with Crippen LogP contribution in [0.1, 0.15) is 39.0 Å². The summed E-state index contributed by atoms with van der Waals surface area (Å²) in [6.07, 6.45) is 9.99. The summed E-state index contributed by atoms with van der Waals surface area (Å²) in [6, 6.07) is 0. The predicted octanol–water partition coefficient (Wildman–Crippen LogP) is 2.50. The Bertz CT molecular complexity index is 129. The molecule has 1 aliphatic rings. The molecule has 0 aromatic heterocycles. The number of aliphatic hydroxyl groups is 1. The van der Waals surface area contributed by atoms with Crippen LogP contribution in [0.5, 0.6) is 0 Å². The Kier molecular flexibility index (Phi) is 3.64. The van der Waals surface area contributed by atoms with Crippen LogP contribution in [0.25, 0.3) is 0 Å². The van der Waals surface area contributed by atoms with Gasteiger partial charge in [0.15, 0.2) is 0 Å². The molecule has 0 saturated heterocycles. The van der Waals surface area contributed by atoms with Crippen molar-refractivity contribution < 1.29 is 5.11 Å². The van der Waals surface area contributed by atoms with Crippen LogP contribution >= 0.6 is 0 Å². The normalized spacial score (nSPS) is 35.8. The molecule has 64 valence electrons. The molecule has 1 N–H and O–H groups in total. The van der Waals surface area contributed by atoms with Crippen molar-refractivity contribution in [3.8, 4) is 0 Å². The van der Waals surface area contributed by atoms with Crippen LogP contribution in [-0.4, -0.2) is 11.2 Å². The largest absolute Gasteiger partial charge is 0.393 e. The molecule has 0 spiro atoms. The predicted molar refractivity (Wildman–Crippen MR) is 47.4 cm³/mol. The van der Waals surface area contributed by atoms with Gasteiger partial charge < -0.3 is 5.11 Å². The third kappa shape index (κ3) is 2.66. The second-order valence-electron chi connectivity index (χ2n) is 3.35. The Morgan fingerprint density at radius 3 is 3.00 bits per heavy atom. The zero-order valence-corrected chi connectivity index (χ0v) is 7.29. The SMILES string of the molecule is CC[C@@H]1/C=C\CCCC[C@@H]1O. The van der Waals surface area contributed by atoms with Crippen molar-refractivity contribution in [2.24, 2.45) is 5.92 Å². The smallest absolute Gasteiger partial charge is 0.0602 e. The summed E-state index contributed by atoms with van der Waals surface area (Å²) in [5, 5.41) is 9.62. The highest BCUT2D eigenvalue weighted by Crippen LogP contribution is 2.19. The molecule has 0 amide bonds. The van der Waals surface area contributed by atoms with E-state index < -0.39 is 0 Å². The maximum absolute atomic E-state index is 9.62. The minimum absolute atomic E-state index is 0.0865. The Morgan fingerprint density at radius 2 is 2.27 bits per heavy atom. The third-order valence-electron chi connectivity index (χ3n) is 2.47. The van der Waals surface area contributed by atoms with E-state index in [1.807, 2.05) is 0 Å². The summed E-state index contributed by atoms with van der Waals surface area (Å²) in [5.74, 6) is 0.412. The fourth-order valence-electron chi connectivity index (χ4n) is 1.64. The maximum atomic E-state index is 9.62. The molecule has 1 aliphatic carbocycles. The summed E-state index contributed by atoms with van der Waals surface area (Å²) < 4.78 is 0. The quantitative estimate of drug-likeness (QED) is 0.575. The van der Waals surface area contributed by atoms with Crippen LogP contribution in [0.4, 0.5) is 0 Å². The molecular formula is C10H18O. The molecule has 0 unspecified atom stereocenters. The molecule has 2 atom stereocenters. The monoisotopic (exact) mass is 154 g/mol. The van der Waals surface area contributed by atoms with Gasteiger partial charge in [0, 0.05) is 5.92 Å². The van der Waals surface area contributed by atoms with E-state index in [-0.39, 0.29) is 6.10 Å². The van der Waals surface area contributed by atoms with Crippen LogP contribution in [0.3, 0.4) is 0 Å². The van der Waals surface area contributed by atoms with Gasteiger partial charge in [-0.3, -0.25) is 0 Å². The summed E-state index contributed by atoms with van der Waals surface area (Å²) in [5.41, 5.74) is 0. The van der Waals surface area contributed by atoms with Crippen molar-refractivity contribution in [2.45, 2.75) is 45.1 Å². The minimum Gasteiger partial charge on any atom is -0.393 e. The van der Waals surface area contributed by atoms with E-state index in [0.717, 1.165) is 12.8 Å². The molecule has 0 fully saturated rings. The fraction of sp³-hybridized carbons (Fsp3) is 0.800. The van der Waals surface area contributed by atoms with Crippen LogP contribution in [0.15, 0.2) is 12.2 Å². The zero-order chi connectivity index (χ0) is 8.10. The Balaban J connectivity index is 2.48. The van der Waals surface area contributed by atoms with Crippen LogP contribution in [0, 0.1) is 5.92 Å². The first-order valence-electron chi connectivity index (χ1n) is 4.69. The van der Waals surface area contributed by atoms with Crippen LogP contribution in [0.2, 0.25) is 0 Å². The number of allylic oxidation sites excluding steroid dienone is 1. The van der Waals surface area contributed by atoms with Crippen molar-refractivity contribution >= 4 is 0 Å². The zero-order valence-electron chi connectivity index (χ0n) is 7.29. The lowest BCUT2D eigenvalue weighted by Gasteiger charge is -2.19. The van der Waals surface area contributed by atoms with E-state index in [2.05, 4.69) is 19.1 Å². The first-order chi connectivity index (χ1) is 5.34. The van der Waals surface area contributed by atoms with Gasteiger partial charge in [-0.15, -0.1) is 0 Å². The van der Waals surface area contributed by atoms with E-state index in [9.17, 15) is 5.11 Å². The lowest BCUT2D eigenvalue weighted by Crippen LogP contribution is -2.18. The van der Waals surface area contributed by atoms with Gasteiger partial charge in [-0.2, -0.15) is 0 Å². The van der Waals surface area contributed by atoms with E-state index in [1.165, 1.54) is 19.3 Å². The molecule has 0 aliphatic heterocycles. The van der Waals surface area contributed by atoms with Crippen molar-refractivity contribution in [3.63, 3.8) is 0 Å². The highest BCUT2D eigenvalue weighted by Gasteiger charge is 2.14. The van der Waals surface area contributed by atoms with Crippen molar-refractivity contribution in [1.29, 1.82) is 0 Å². The maximum Gasteiger partial charge on any atom is 0.0602 e. The fourth-order valence-corrected chi connectivity index (χ4v) is 1.64. The standard InChI is InChI=1S/C10H18O/c1-2-9-7-5-3-4-6-8-10(9)11/h5,7,9-11H,2-4,6,8H2,1H3/b7-5-/t9-,10+/m1/s1. The highest BCUT2D eigenvalue weighted by atomic mass is 16.3. The molecule has 0 radical (unpaired) electrons. The minimum atomic E-state index is -0.0865. The lowest BCUT2D eigenvalue weighted by molar-refractivity contribution is 0.114. The Morgan fingerprint density at radius 1 is 1.45 bits per heavy atom. The van der Waals surface area contributed by atoms with Gasteiger partial charge in [0.25, 0.3) is 0 Å². The highest BCUT2D eigenvalue weighted by molar-refractivity contribution is 4.92. The van der Waals surface area contributed by atoms with Gasteiger partial charge in [-0.05, 0) is 25.7 Å². The van der Waals surface area contributed by atoms with Gasteiger partial charge in [-0.25, -0.2) is 0 Å². The molecule has 0 bridgehead atoms. The molecule has 11 heavy (non-hydrogen) atoms. The van der Waals surface area contributed by atoms with E-state index in [1.54, 1.807) is 0 Å². The second-order valence-corrected chi connectivity index (χ2v) is 3.35. The molecular weight excluding hydrogens is 136 g/mol. The van der Waals surface area contributed by atoms with E-state index in [0.29, 0.717) is 5.92 Å². The van der Waals surface area contributed by atoms with Crippen LogP contribution in [-0.2, 0) is 0 Å². The first kappa shape index (κ1) is 8.79. The lowest BCUT2D eigenvalue weighted by atomic mass is 9.92. The number of hydrogen-bond donors (Lipinski definition) is 1. The van der Waals surface area contributed by atoms with Gasteiger partial charge in [0.05, 0.1) is 6.10 Å². The summed E-state index contributed by atoms with van der Waals surface area (Å²) in [7, 11) is 0.